The Hall–Kier alpha value is -1.60. The van der Waals surface area contributed by atoms with E-state index in [0.29, 0.717) is 25.1 Å². The van der Waals surface area contributed by atoms with Crippen LogP contribution < -0.4 is 5.32 Å². The lowest BCUT2D eigenvalue weighted by molar-refractivity contribution is -0.137. The molecular weight excluding hydrogens is 321 g/mol. The summed E-state index contributed by atoms with van der Waals surface area (Å²) in [6, 6.07) is 4.92. The molecule has 134 valence electrons. The summed E-state index contributed by atoms with van der Waals surface area (Å²) in [6.07, 6.45) is -4.37. The van der Waals surface area contributed by atoms with Gasteiger partial charge in [-0.25, -0.2) is 0 Å². The molecular formula is C17H23F3N2O2. The minimum atomic E-state index is -4.39. The van der Waals surface area contributed by atoms with Crippen molar-refractivity contribution in [3.63, 3.8) is 0 Å². The topological polar surface area (TPSA) is 52.6 Å². The molecule has 0 bridgehead atoms. The fourth-order valence-corrected chi connectivity index (χ4v) is 3.03. The van der Waals surface area contributed by atoms with Gasteiger partial charge in [-0.3, -0.25) is 9.69 Å². The number of hydrogen-bond donors (Lipinski definition) is 2. The number of aliphatic hydroxyl groups is 1. The Balaban J connectivity index is 2.09. The number of β-amino-alcohol motifs (C(OH)–C–C–N with tert-alkyl or cyclic N) is 1. The van der Waals surface area contributed by atoms with Crippen molar-refractivity contribution in [3.8, 4) is 0 Å². The Morgan fingerprint density at radius 3 is 2.75 bits per heavy atom. The molecule has 7 heteroatoms. The smallest absolute Gasteiger partial charge is 0.392 e. The number of alkyl halides is 3. The molecule has 2 unspecified atom stereocenters. The third-order valence-corrected chi connectivity index (χ3v) is 4.06. The molecule has 1 saturated heterocycles. The van der Waals surface area contributed by atoms with Crippen molar-refractivity contribution in [1.29, 1.82) is 0 Å². The molecule has 0 aromatic heterocycles. The number of carbonyl (C=O) groups excluding carboxylic acids is 1. The van der Waals surface area contributed by atoms with Crippen molar-refractivity contribution in [2.24, 2.45) is 0 Å². The quantitative estimate of drug-likeness (QED) is 0.864. The zero-order valence-corrected chi connectivity index (χ0v) is 13.8. The molecule has 4 nitrogen and oxygen atoms in total. The fourth-order valence-electron chi connectivity index (χ4n) is 3.03. The molecule has 1 aliphatic heterocycles. The van der Waals surface area contributed by atoms with Crippen molar-refractivity contribution in [2.75, 3.05) is 13.1 Å². The van der Waals surface area contributed by atoms with E-state index in [9.17, 15) is 23.1 Å². The van der Waals surface area contributed by atoms with E-state index in [0.717, 1.165) is 12.1 Å². The predicted molar refractivity (Wildman–Crippen MR) is 84.3 cm³/mol. The van der Waals surface area contributed by atoms with Crippen molar-refractivity contribution in [1.82, 2.24) is 10.2 Å². The normalized spacial score (nSPS) is 22.1. The average molecular weight is 344 g/mol. The van der Waals surface area contributed by atoms with E-state index >= 15 is 0 Å². The monoisotopic (exact) mass is 344 g/mol. The number of rotatable bonds is 5. The van der Waals surface area contributed by atoms with Crippen LogP contribution >= 0.6 is 0 Å². The summed E-state index contributed by atoms with van der Waals surface area (Å²) in [5.41, 5.74) is -0.176. The maximum absolute atomic E-state index is 12.9. The summed E-state index contributed by atoms with van der Waals surface area (Å²) in [7, 11) is 0. The van der Waals surface area contributed by atoms with Crippen molar-refractivity contribution in [2.45, 2.75) is 51.1 Å². The molecule has 1 fully saturated rings. The van der Waals surface area contributed by atoms with Crippen molar-refractivity contribution >= 4 is 5.91 Å². The number of likely N-dealkylation sites (tertiary alicyclic amines) is 1. The Bertz CT molecular complexity index is 575. The van der Waals surface area contributed by atoms with Crippen molar-refractivity contribution in [3.05, 3.63) is 35.4 Å². The van der Waals surface area contributed by atoms with Gasteiger partial charge in [-0.15, -0.1) is 0 Å². The van der Waals surface area contributed by atoms with Crippen LogP contribution in [0.25, 0.3) is 0 Å². The predicted octanol–water partition coefficient (Wildman–Crippen LogP) is 2.73. The van der Waals surface area contributed by atoms with Gasteiger partial charge in [0.1, 0.15) is 0 Å². The second kappa shape index (κ2) is 7.53. The molecule has 2 atom stereocenters. The van der Waals surface area contributed by atoms with E-state index in [4.69, 9.17) is 0 Å². The summed E-state index contributed by atoms with van der Waals surface area (Å²) in [6.45, 7) is 4.48. The maximum Gasteiger partial charge on any atom is 0.416 e. The molecule has 0 aliphatic carbocycles. The molecule has 1 amide bonds. The van der Waals surface area contributed by atoms with Gasteiger partial charge in [0.05, 0.1) is 11.7 Å². The van der Waals surface area contributed by atoms with Gasteiger partial charge < -0.3 is 10.4 Å². The number of amides is 1. The van der Waals surface area contributed by atoms with E-state index < -0.39 is 17.8 Å². The van der Waals surface area contributed by atoms with Gasteiger partial charge in [0.2, 0.25) is 5.91 Å². The molecule has 0 radical (unpaired) electrons. The molecule has 24 heavy (non-hydrogen) atoms. The number of aliphatic hydroxyl groups excluding tert-OH is 1. The Morgan fingerprint density at radius 2 is 2.12 bits per heavy atom. The Labute approximate surface area is 139 Å². The van der Waals surface area contributed by atoms with Crippen LogP contribution in [0.1, 0.15) is 43.9 Å². The minimum Gasteiger partial charge on any atom is -0.392 e. The van der Waals surface area contributed by atoms with Gasteiger partial charge in [0.25, 0.3) is 0 Å². The van der Waals surface area contributed by atoms with E-state index in [1.807, 2.05) is 18.7 Å². The van der Waals surface area contributed by atoms with Crippen LogP contribution in [0.3, 0.4) is 0 Å². The molecule has 0 saturated carbocycles. The lowest BCUT2D eigenvalue weighted by Gasteiger charge is -2.25. The second-order valence-corrected chi connectivity index (χ2v) is 6.50. The number of halogens is 3. The van der Waals surface area contributed by atoms with E-state index in [1.54, 1.807) is 6.07 Å². The third kappa shape index (κ3) is 4.95. The highest BCUT2D eigenvalue weighted by molar-refractivity contribution is 5.76. The van der Waals surface area contributed by atoms with Crippen LogP contribution in [-0.2, 0) is 11.0 Å². The minimum absolute atomic E-state index is 0.0425. The highest BCUT2D eigenvalue weighted by atomic mass is 19.4. The van der Waals surface area contributed by atoms with Crippen LogP contribution in [0, 0.1) is 0 Å². The van der Waals surface area contributed by atoms with Crippen LogP contribution in [0.4, 0.5) is 13.2 Å². The van der Waals surface area contributed by atoms with Crippen LogP contribution in [-0.4, -0.2) is 41.1 Å². The Morgan fingerprint density at radius 1 is 1.42 bits per heavy atom. The van der Waals surface area contributed by atoms with Gasteiger partial charge in [-0.2, -0.15) is 13.2 Å². The molecule has 2 N–H and O–H groups in total. The highest BCUT2D eigenvalue weighted by Gasteiger charge is 2.35. The zero-order valence-electron chi connectivity index (χ0n) is 13.8. The van der Waals surface area contributed by atoms with Gasteiger partial charge in [0.15, 0.2) is 0 Å². The van der Waals surface area contributed by atoms with E-state index in [1.165, 1.54) is 6.07 Å². The third-order valence-electron chi connectivity index (χ3n) is 4.06. The number of nitrogens with one attached hydrogen (secondary N) is 1. The molecule has 0 spiro atoms. The summed E-state index contributed by atoms with van der Waals surface area (Å²) in [5, 5.41) is 12.7. The van der Waals surface area contributed by atoms with Gasteiger partial charge in [-0.1, -0.05) is 12.1 Å². The summed E-state index contributed by atoms with van der Waals surface area (Å²) >= 11 is 0. The lowest BCUT2D eigenvalue weighted by atomic mass is 10.0. The number of nitrogens with zero attached hydrogens (tertiary/aromatic N) is 1. The van der Waals surface area contributed by atoms with E-state index in [2.05, 4.69) is 5.32 Å². The van der Waals surface area contributed by atoms with Gasteiger partial charge in [-0.05, 0) is 38.0 Å². The number of hydrogen-bond acceptors (Lipinski definition) is 3. The van der Waals surface area contributed by atoms with Gasteiger partial charge in [0, 0.05) is 31.6 Å². The molecule has 2 rings (SSSR count). The van der Waals surface area contributed by atoms with Crippen LogP contribution in [0.15, 0.2) is 24.3 Å². The van der Waals surface area contributed by atoms with E-state index in [-0.39, 0.29) is 24.4 Å². The maximum atomic E-state index is 12.9. The summed E-state index contributed by atoms with van der Waals surface area (Å²) in [5.74, 6) is -0.103. The van der Waals surface area contributed by atoms with Gasteiger partial charge >= 0.3 is 6.18 Å². The first-order chi connectivity index (χ1) is 11.2. The SMILES string of the molecule is CC(C)NC(=O)CCN1CC(O)CC1c1cccc(C(F)(F)F)c1. The second-order valence-electron chi connectivity index (χ2n) is 6.50. The number of carbonyl (C=O) groups is 1. The first kappa shape index (κ1) is 18.7. The lowest BCUT2D eigenvalue weighted by Crippen LogP contribution is -2.34. The molecule has 1 aromatic carbocycles. The first-order valence-electron chi connectivity index (χ1n) is 8.05. The average Bonchev–Trinajstić information content (AvgIpc) is 2.85. The fraction of sp³-hybridized carbons (Fsp3) is 0.588. The van der Waals surface area contributed by atoms with Crippen LogP contribution in [0.2, 0.25) is 0 Å². The largest absolute Gasteiger partial charge is 0.416 e. The zero-order chi connectivity index (χ0) is 17.9. The molecule has 1 aliphatic rings. The summed E-state index contributed by atoms with van der Waals surface area (Å²) in [4.78, 5) is 13.6. The number of benzene rings is 1. The van der Waals surface area contributed by atoms with Crippen LogP contribution in [0.5, 0.6) is 0 Å². The summed E-state index contributed by atoms with van der Waals surface area (Å²) < 4.78 is 38.7. The highest BCUT2D eigenvalue weighted by Crippen LogP contribution is 2.36. The molecule has 1 aromatic rings. The Kier molecular flexibility index (Phi) is 5.87. The standard InChI is InChI=1S/C17H23F3N2O2/c1-11(2)21-16(24)6-7-22-10-14(23)9-15(22)12-4-3-5-13(8-12)17(18,19)20/h3-5,8,11,14-15,23H,6-7,9-10H2,1-2H3,(H,21,24). The first-order valence-corrected chi connectivity index (χ1v) is 8.05. The van der Waals surface area contributed by atoms with Crippen molar-refractivity contribution < 1.29 is 23.1 Å². The molecule has 1 heterocycles.